The number of ether oxygens (including phenoxy) is 1. The number of hydrogen-bond donors (Lipinski definition) is 1. The summed E-state index contributed by atoms with van der Waals surface area (Å²) >= 11 is 7.18. The van der Waals surface area contributed by atoms with E-state index in [0.29, 0.717) is 9.90 Å². The second-order valence-corrected chi connectivity index (χ2v) is 7.09. The summed E-state index contributed by atoms with van der Waals surface area (Å²) in [5, 5.41) is 2.63. The highest BCUT2D eigenvalue weighted by Gasteiger charge is 2.19. The number of fused-ring (bicyclic) bond motifs is 1. The molecule has 1 amide bonds. The molecule has 0 aliphatic heterocycles. The molecule has 3 rings (SSSR count). The maximum Gasteiger partial charge on any atom is 0.348 e. The van der Waals surface area contributed by atoms with Crippen molar-refractivity contribution in [1.82, 2.24) is 0 Å². The van der Waals surface area contributed by atoms with E-state index in [1.807, 2.05) is 6.07 Å². The van der Waals surface area contributed by atoms with Gasteiger partial charge in [0, 0.05) is 9.90 Å². The van der Waals surface area contributed by atoms with Crippen LogP contribution in [0.5, 0.6) is 0 Å². The summed E-state index contributed by atoms with van der Waals surface area (Å²) in [4.78, 5) is 25.6. The molecule has 0 unspecified atom stereocenters. The number of benzene rings is 1. The van der Waals surface area contributed by atoms with E-state index in [0.717, 1.165) is 31.7 Å². The molecule has 24 heavy (non-hydrogen) atoms. The highest BCUT2D eigenvalue weighted by molar-refractivity contribution is 7.14. The molecule has 1 aromatic carbocycles. The van der Waals surface area contributed by atoms with E-state index in [4.69, 9.17) is 16.3 Å². The molecule has 1 N–H and O–H groups in total. The van der Waals surface area contributed by atoms with E-state index in [2.05, 4.69) is 5.32 Å². The summed E-state index contributed by atoms with van der Waals surface area (Å²) in [5.74, 6) is -1.76. The van der Waals surface area contributed by atoms with Crippen molar-refractivity contribution in [3.63, 3.8) is 0 Å². The molecule has 0 saturated carbocycles. The van der Waals surface area contributed by atoms with Crippen molar-refractivity contribution in [3.05, 3.63) is 50.4 Å². The highest BCUT2D eigenvalue weighted by Crippen LogP contribution is 2.30. The first-order valence-electron chi connectivity index (χ1n) is 7.56. The molecule has 1 heterocycles. The Morgan fingerprint density at radius 3 is 2.83 bits per heavy atom. The van der Waals surface area contributed by atoms with Crippen molar-refractivity contribution in [1.29, 1.82) is 0 Å². The van der Waals surface area contributed by atoms with Gasteiger partial charge in [-0.2, -0.15) is 0 Å². The molecule has 0 saturated heterocycles. The molecule has 0 atom stereocenters. The van der Waals surface area contributed by atoms with Crippen LogP contribution in [-0.2, 0) is 22.4 Å². The number of aryl methyl sites for hydroxylation is 2. The Labute approximate surface area is 147 Å². The van der Waals surface area contributed by atoms with Crippen molar-refractivity contribution < 1.29 is 18.7 Å². The largest absolute Gasteiger partial charge is 0.451 e. The molecule has 0 spiro atoms. The Morgan fingerprint density at radius 1 is 1.25 bits per heavy atom. The van der Waals surface area contributed by atoms with E-state index in [9.17, 15) is 14.0 Å². The lowest BCUT2D eigenvalue weighted by Gasteiger charge is -2.08. The van der Waals surface area contributed by atoms with Gasteiger partial charge in [0.2, 0.25) is 0 Å². The Kier molecular flexibility index (Phi) is 5.16. The van der Waals surface area contributed by atoms with E-state index in [1.165, 1.54) is 33.9 Å². The average Bonchev–Trinajstić information content (AvgIpc) is 3.00. The first-order chi connectivity index (χ1) is 11.5. The third-order valence-electron chi connectivity index (χ3n) is 3.73. The van der Waals surface area contributed by atoms with Crippen LogP contribution in [0.1, 0.15) is 33.0 Å². The molecule has 2 aromatic rings. The summed E-state index contributed by atoms with van der Waals surface area (Å²) in [5.41, 5.74) is 1.15. The molecule has 1 aliphatic rings. The zero-order chi connectivity index (χ0) is 17.1. The number of rotatable bonds is 4. The Balaban J connectivity index is 1.56. The lowest BCUT2D eigenvalue weighted by Crippen LogP contribution is -2.21. The normalized spacial score (nSPS) is 13.2. The number of hydrogen-bond acceptors (Lipinski definition) is 4. The standard InChI is InChI=1S/C17H15ClFNO3S/c18-11-5-6-12(19)13(8-11)20-16(21)9-23-17(22)15-7-10-3-1-2-4-14(10)24-15/h5-8H,1-4,9H2,(H,20,21). The van der Waals surface area contributed by atoms with Gasteiger partial charge >= 0.3 is 5.97 Å². The van der Waals surface area contributed by atoms with Crippen LogP contribution in [0.3, 0.4) is 0 Å². The summed E-state index contributed by atoms with van der Waals surface area (Å²) in [6, 6.07) is 5.67. The first kappa shape index (κ1) is 16.9. The predicted octanol–water partition coefficient (Wildman–Crippen LogP) is 4.21. The quantitative estimate of drug-likeness (QED) is 0.823. The van der Waals surface area contributed by atoms with Gasteiger partial charge in [0.05, 0.1) is 5.69 Å². The molecule has 4 nitrogen and oxygen atoms in total. The predicted molar refractivity (Wildman–Crippen MR) is 91.3 cm³/mol. The summed E-state index contributed by atoms with van der Waals surface area (Å²) in [6.45, 7) is -0.479. The van der Waals surface area contributed by atoms with Gasteiger partial charge in [0.15, 0.2) is 6.61 Å². The topological polar surface area (TPSA) is 55.4 Å². The number of nitrogens with one attached hydrogen (secondary N) is 1. The van der Waals surface area contributed by atoms with Crippen molar-refractivity contribution in [2.45, 2.75) is 25.7 Å². The van der Waals surface area contributed by atoms with Gasteiger partial charge < -0.3 is 10.1 Å². The molecule has 1 aliphatic carbocycles. The molecular formula is C17H15ClFNO3S. The van der Waals surface area contributed by atoms with Crippen LogP contribution in [0.2, 0.25) is 5.02 Å². The Hall–Kier alpha value is -1.92. The number of anilines is 1. The van der Waals surface area contributed by atoms with Crippen LogP contribution in [0, 0.1) is 5.82 Å². The minimum atomic E-state index is -0.620. The molecule has 0 radical (unpaired) electrons. The van der Waals surface area contributed by atoms with Crippen LogP contribution < -0.4 is 5.32 Å². The van der Waals surface area contributed by atoms with Gasteiger partial charge in [-0.15, -0.1) is 11.3 Å². The second kappa shape index (κ2) is 7.32. The summed E-state index contributed by atoms with van der Waals surface area (Å²) < 4.78 is 18.6. The smallest absolute Gasteiger partial charge is 0.348 e. The highest BCUT2D eigenvalue weighted by atomic mass is 35.5. The third-order valence-corrected chi connectivity index (χ3v) is 5.19. The summed E-state index contributed by atoms with van der Waals surface area (Å²) in [6.07, 6.45) is 4.23. The van der Waals surface area contributed by atoms with Gasteiger partial charge in [0.1, 0.15) is 10.7 Å². The third kappa shape index (κ3) is 3.94. The Bertz CT molecular complexity index is 767. The molecule has 1 aromatic heterocycles. The first-order valence-corrected chi connectivity index (χ1v) is 8.76. The lowest BCUT2D eigenvalue weighted by atomic mass is 9.99. The maximum absolute atomic E-state index is 13.5. The van der Waals surface area contributed by atoms with E-state index >= 15 is 0 Å². The van der Waals surface area contributed by atoms with Crippen LogP contribution in [0.25, 0.3) is 0 Å². The van der Waals surface area contributed by atoms with Crippen LogP contribution >= 0.6 is 22.9 Å². The zero-order valence-corrected chi connectivity index (χ0v) is 14.3. The van der Waals surface area contributed by atoms with Crippen LogP contribution in [0.15, 0.2) is 24.3 Å². The fourth-order valence-electron chi connectivity index (χ4n) is 2.57. The molecule has 0 fully saturated rings. The zero-order valence-electron chi connectivity index (χ0n) is 12.7. The average molecular weight is 368 g/mol. The van der Waals surface area contributed by atoms with Crippen LogP contribution in [-0.4, -0.2) is 18.5 Å². The monoisotopic (exact) mass is 367 g/mol. The van der Waals surface area contributed by atoms with Crippen molar-refractivity contribution >= 4 is 40.5 Å². The van der Waals surface area contributed by atoms with Gasteiger partial charge in [-0.05, 0) is 55.5 Å². The van der Waals surface area contributed by atoms with E-state index in [1.54, 1.807) is 0 Å². The van der Waals surface area contributed by atoms with Gasteiger partial charge in [-0.3, -0.25) is 4.79 Å². The number of esters is 1. The lowest BCUT2D eigenvalue weighted by molar-refractivity contribution is -0.119. The number of halogens is 2. The minimum Gasteiger partial charge on any atom is -0.451 e. The Morgan fingerprint density at radius 2 is 2.04 bits per heavy atom. The molecule has 126 valence electrons. The van der Waals surface area contributed by atoms with Crippen LogP contribution in [0.4, 0.5) is 10.1 Å². The number of carbonyl (C=O) groups excluding carboxylic acids is 2. The molecule has 7 heteroatoms. The summed E-state index contributed by atoms with van der Waals surface area (Å²) in [7, 11) is 0. The SMILES string of the molecule is O=C(COC(=O)c1cc2c(s1)CCCC2)Nc1cc(Cl)ccc1F. The van der Waals surface area contributed by atoms with Crippen molar-refractivity contribution in [2.75, 3.05) is 11.9 Å². The van der Waals surface area contributed by atoms with E-state index in [-0.39, 0.29) is 5.69 Å². The number of amides is 1. The molecular weight excluding hydrogens is 353 g/mol. The molecule has 0 bridgehead atoms. The number of thiophene rings is 1. The second-order valence-electron chi connectivity index (χ2n) is 5.51. The van der Waals surface area contributed by atoms with Gasteiger partial charge in [-0.1, -0.05) is 11.6 Å². The van der Waals surface area contributed by atoms with Crippen molar-refractivity contribution in [2.24, 2.45) is 0 Å². The fraction of sp³-hybridized carbons (Fsp3) is 0.294. The van der Waals surface area contributed by atoms with Crippen molar-refractivity contribution in [3.8, 4) is 0 Å². The van der Waals surface area contributed by atoms with E-state index < -0.39 is 24.3 Å². The van der Waals surface area contributed by atoms with Gasteiger partial charge in [-0.25, -0.2) is 9.18 Å². The number of carbonyl (C=O) groups is 2. The maximum atomic E-state index is 13.5. The fourth-order valence-corrected chi connectivity index (χ4v) is 3.89. The van der Waals surface area contributed by atoms with Gasteiger partial charge in [0.25, 0.3) is 5.91 Å². The minimum absolute atomic E-state index is 0.0462.